The smallest absolute Gasteiger partial charge is 0.147 e. The molecule has 1 N–H and O–H groups in total. The van der Waals surface area contributed by atoms with Crippen LogP contribution in [0.2, 0.25) is 10.0 Å². The van der Waals surface area contributed by atoms with Gasteiger partial charge >= 0.3 is 0 Å². The maximum atomic E-state index is 13.5. The Hall–Kier alpha value is -1.16. The molecule has 0 bridgehead atoms. The summed E-state index contributed by atoms with van der Waals surface area (Å²) in [4.78, 5) is 3.82. The fourth-order valence-corrected chi connectivity index (χ4v) is 1.85. The van der Waals surface area contributed by atoms with E-state index in [1.165, 1.54) is 12.3 Å². The van der Waals surface area contributed by atoms with Crippen molar-refractivity contribution in [2.24, 2.45) is 0 Å². The van der Waals surface area contributed by atoms with Crippen molar-refractivity contribution in [1.82, 2.24) is 4.98 Å². The van der Waals surface area contributed by atoms with Crippen LogP contribution >= 0.6 is 23.2 Å². The molecule has 0 spiro atoms. The molecule has 0 unspecified atom stereocenters. The molecule has 0 atom stereocenters. The molecule has 0 amide bonds. The van der Waals surface area contributed by atoms with Gasteiger partial charge in [-0.15, -0.1) is 0 Å². The second-order valence-electron chi connectivity index (χ2n) is 3.43. The van der Waals surface area contributed by atoms with Gasteiger partial charge in [0.05, 0.1) is 6.61 Å². The van der Waals surface area contributed by atoms with Crippen LogP contribution in [-0.4, -0.2) is 10.1 Å². The number of hydrogen-bond donors (Lipinski definition) is 1. The highest BCUT2D eigenvalue weighted by atomic mass is 35.5. The zero-order valence-electron chi connectivity index (χ0n) is 8.62. The highest BCUT2D eigenvalue weighted by Crippen LogP contribution is 2.30. The van der Waals surface area contributed by atoms with E-state index >= 15 is 0 Å². The topological polar surface area (TPSA) is 33.1 Å². The maximum absolute atomic E-state index is 13.5. The zero-order valence-corrected chi connectivity index (χ0v) is 10.1. The summed E-state index contributed by atoms with van der Waals surface area (Å²) in [6, 6.07) is 6.20. The third-order valence-corrected chi connectivity index (χ3v) is 2.87. The van der Waals surface area contributed by atoms with Gasteiger partial charge in [0.15, 0.2) is 0 Å². The van der Waals surface area contributed by atoms with Crippen molar-refractivity contribution in [2.45, 2.75) is 6.61 Å². The molecular formula is C12H8Cl2FNO. The Kier molecular flexibility index (Phi) is 3.62. The van der Waals surface area contributed by atoms with Crippen LogP contribution < -0.4 is 0 Å². The van der Waals surface area contributed by atoms with Crippen molar-refractivity contribution >= 4 is 23.2 Å². The van der Waals surface area contributed by atoms with Gasteiger partial charge in [-0.1, -0.05) is 23.2 Å². The minimum atomic E-state index is -0.568. The minimum Gasteiger partial charge on any atom is -0.390 e. The van der Waals surface area contributed by atoms with Gasteiger partial charge < -0.3 is 5.11 Å². The number of rotatable bonds is 2. The average molecular weight is 272 g/mol. The van der Waals surface area contributed by atoms with Crippen LogP contribution in [0.5, 0.6) is 0 Å². The van der Waals surface area contributed by atoms with E-state index in [1.54, 1.807) is 18.2 Å². The van der Waals surface area contributed by atoms with Gasteiger partial charge in [0, 0.05) is 27.4 Å². The first-order valence-electron chi connectivity index (χ1n) is 4.82. The van der Waals surface area contributed by atoms with Gasteiger partial charge in [-0.2, -0.15) is 0 Å². The Labute approximate surface area is 108 Å². The SMILES string of the molecule is OCc1ncc(-c2cc(Cl)ccc2Cl)cc1F. The summed E-state index contributed by atoms with van der Waals surface area (Å²) in [5.41, 5.74) is 1.13. The lowest BCUT2D eigenvalue weighted by Gasteiger charge is -2.06. The molecular weight excluding hydrogens is 264 g/mol. The Morgan fingerprint density at radius 2 is 2.00 bits per heavy atom. The third-order valence-electron chi connectivity index (χ3n) is 2.31. The summed E-state index contributed by atoms with van der Waals surface area (Å²) in [6.07, 6.45) is 1.45. The average Bonchev–Trinajstić information content (AvgIpc) is 2.32. The second kappa shape index (κ2) is 5.00. The van der Waals surface area contributed by atoms with Crippen LogP contribution in [0.15, 0.2) is 30.5 Å². The van der Waals surface area contributed by atoms with Crippen LogP contribution in [0, 0.1) is 5.82 Å². The van der Waals surface area contributed by atoms with Crippen LogP contribution in [0.25, 0.3) is 11.1 Å². The Morgan fingerprint density at radius 1 is 1.24 bits per heavy atom. The predicted octanol–water partition coefficient (Wildman–Crippen LogP) is 3.69. The molecule has 1 aromatic heterocycles. The van der Waals surface area contributed by atoms with Crippen molar-refractivity contribution in [2.75, 3.05) is 0 Å². The van der Waals surface area contributed by atoms with E-state index < -0.39 is 12.4 Å². The highest BCUT2D eigenvalue weighted by molar-refractivity contribution is 6.35. The molecule has 0 saturated carbocycles. The van der Waals surface area contributed by atoms with Gasteiger partial charge in [0.1, 0.15) is 11.5 Å². The van der Waals surface area contributed by atoms with E-state index in [0.717, 1.165) is 0 Å². The van der Waals surface area contributed by atoms with E-state index in [-0.39, 0.29) is 5.69 Å². The zero-order chi connectivity index (χ0) is 12.4. The van der Waals surface area contributed by atoms with E-state index in [0.29, 0.717) is 21.2 Å². The predicted molar refractivity (Wildman–Crippen MR) is 65.6 cm³/mol. The molecule has 17 heavy (non-hydrogen) atoms. The molecule has 2 nitrogen and oxygen atoms in total. The molecule has 0 saturated heterocycles. The van der Waals surface area contributed by atoms with E-state index in [4.69, 9.17) is 28.3 Å². The van der Waals surface area contributed by atoms with E-state index in [9.17, 15) is 4.39 Å². The van der Waals surface area contributed by atoms with Crippen molar-refractivity contribution in [3.8, 4) is 11.1 Å². The summed E-state index contributed by atoms with van der Waals surface area (Å²) >= 11 is 11.9. The number of pyridine rings is 1. The number of hydrogen-bond acceptors (Lipinski definition) is 2. The Morgan fingerprint density at radius 3 is 2.65 bits per heavy atom. The first-order chi connectivity index (χ1) is 8.11. The maximum Gasteiger partial charge on any atom is 0.147 e. The molecule has 2 rings (SSSR count). The molecule has 5 heteroatoms. The third kappa shape index (κ3) is 2.57. The number of aliphatic hydroxyl groups is 1. The fourth-order valence-electron chi connectivity index (χ4n) is 1.45. The summed E-state index contributed by atoms with van der Waals surface area (Å²) in [7, 11) is 0. The molecule has 0 aliphatic heterocycles. The lowest BCUT2D eigenvalue weighted by atomic mass is 10.1. The Balaban J connectivity index is 2.53. The summed E-state index contributed by atoms with van der Waals surface area (Å²) in [6.45, 7) is -0.435. The standard InChI is InChI=1S/C12H8Cl2FNO/c13-8-1-2-10(14)9(4-8)7-3-11(15)12(6-17)16-5-7/h1-5,17H,6H2. The highest BCUT2D eigenvalue weighted by Gasteiger charge is 2.09. The van der Waals surface area contributed by atoms with E-state index in [1.807, 2.05) is 0 Å². The number of halogens is 3. The first-order valence-corrected chi connectivity index (χ1v) is 5.58. The van der Waals surface area contributed by atoms with Gasteiger partial charge in [0.2, 0.25) is 0 Å². The van der Waals surface area contributed by atoms with Crippen molar-refractivity contribution < 1.29 is 9.50 Å². The number of aromatic nitrogens is 1. The molecule has 2 aromatic rings. The molecule has 0 aliphatic rings. The van der Waals surface area contributed by atoms with Gasteiger partial charge in [-0.3, -0.25) is 4.98 Å². The Bertz CT molecular complexity index is 560. The van der Waals surface area contributed by atoms with Crippen molar-refractivity contribution in [1.29, 1.82) is 0 Å². The molecule has 1 aromatic carbocycles. The number of benzene rings is 1. The van der Waals surface area contributed by atoms with E-state index in [2.05, 4.69) is 4.98 Å². The van der Waals surface area contributed by atoms with Crippen molar-refractivity contribution in [3.05, 3.63) is 52.0 Å². The summed E-state index contributed by atoms with van der Waals surface area (Å²) in [5, 5.41) is 9.80. The quantitative estimate of drug-likeness (QED) is 0.904. The lowest BCUT2D eigenvalue weighted by Crippen LogP contribution is -1.95. The fraction of sp³-hybridized carbons (Fsp3) is 0.0833. The summed E-state index contributed by atoms with van der Waals surface area (Å²) in [5.74, 6) is -0.568. The minimum absolute atomic E-state index is 0.00639. The van der Waals surface area contributed by atoms with Gasteiger partial charge in [-0.25, -0.2) is 4.39 Å². The van der Waals surface area contributed by atoms with Gasteiger partial charge in [-0.05, 0) is 24.3 Å². The monoisotopic (exact) mass is 271 g/mol. The molecule has 0 aliphatic carbocycles. The molecule has 88 valence electrons. The van der Waals surface area contributed by atoms with Crippen LogP contribution in [-0.2, 0) is 6.61 Å². The molecule has 0 radical (unpaired) electrons. The molecule has 1 heterocycles. The van der Waals surface area contributed by atoms with Gasteiger partial charge in [0.25, 0.3) is 0 Å². The van der Waals surface area contributed by atoms with Crippen LogP contribution in [0.1, 0.15) is 5.69 Å². The van der Waals surface area contributed by atoms with Crippen molar-refractivity contribution in [3.63, 3.8) is 0 Å². The number of aliphatic hydroxyl groups excluding tert-OH is 1. The number of nitrogens with zero attached hydrogens (tertiary/aromatic N) is 1. The normalized spacial score (nSPS) is 10.6. The lowest BCUT2D eigenvalue weighted by molar-refractivity contribution is 0.270. The van der Waals surface area contributed by atoms with Crippen LogP contribution in [0.3, 0.4) is 0 Å². The molecule has 0 fully saturated rings. The second-order valence-corrected chi connectivity index (χ2v) is 4.28. The van der Waals surface area contributed by atoms with Crippen LogP contribution in [0.4, 0.5) is 4.39 Å². The first kappa shape index (κ1) is 12.3. The summed E-state index contributed by atoms with van der Waals surface area (Å²) < 4.78 is 13.5. The largest absolute Gasteiger partial charge is 0.390 e.